The normalized spacial score (nSPS) is 10.7. The molecule has 0 spiro atoms. The van der Waals surface area contributed by atoms with Crippen molar-refractivity contribution in [3.05, 3.63) is 28.8 Å². The van der Waals surface area contributed by atoms with Crippen LogP contribution >= 0.6 is 11.6 Å². The minimum Gasteiger partial charge on any atom is -0.492 e. The molecule has 0 bridgehead atoms. The fourth-order valence-corrected chi connectivity index (χ4v) is 1.84. The molecule has 0 saturated carbocycles. The van der Waals surface area contributed by atoms with E-state index < -0.39 is 0 Å². The summed E-state index contributed by atoms with van der Waals surface area (Å²) in [6.07, 6.45) is 1.00. The number of hydrogen-bond donors (Lipinski definition) is 1. The minimum absolute atomic E-state index is 0.139. The summed E-state index contributed by atoms with van der Waals surface area (Å²) in [7, 11) is 0. The Bertz CT molecular complexity index is 435. The lowest BCUT2D eigenvalue weighted by Gasteiger charge is -2.09. The third kappa shape index (κ3) is 5.80. The average Bonchev–Trinajstić information content (AvgIpc) is 2.40. The Labute approximate surface area is 125 Å². The Hall–Kier alpha value is -1.26. The molecule has 1 N–H and O–H groups in total. The molecule has 1 rings (SSSR count). The molecule has 112 valence electrons. The van der Waals surface area contributed by atoms with Crippen LogP contribution in [0.1, 0.15) is 37.6 Å². The van der Waals surface area contributed by atoms with Crippen molar-refractivity contribution < 1.29 is 14.3 Å². The lowest BCUT2D eigenvalue weighted by atomic mass is 10.2. The Kier molecular flexibility index (Phi) is 7.41. The van der Waals surface area contributed by atoms with Crippen LogP contribution in [-0.2, 0) is 4.74 Å². The highest BCUT2D eigenvalue weighted by molar-refractivity contribution is 6.32. The van der Waals surface area contributed by atoms with E-state index in [9.17, 15) is 4.79 Å². The number of amides is 1. The van der Waals surface area contributed by atoms with Gasteiger partial charge in [-0.2, -0.15) is 0 Å². The predicted octanol–water partition coefficient (Wildman–Crippen LogP) is 3.28. The molecule has 0 radical (unpaired) electrons. The van der Waals surface area contributed by atoms with Crippen molar-refractivity contribution in [2.24, 2.45) is 0 Å². The predicted molar refractivity (Wildman–Crippen MR) is 80.7 cm³/mol. The standard InChI is InChI=1S/C15H22ClNO3/c1-4-19-14-7-6-12(10-13(14)16)15(18)17-8-5-9-20-11(2)3/h6-7,10-11H,4-5,8-9H2,1-3H3,(H,17,18). The summed E-state index contributed by atoms with van der Waals surface area (Å²) >= 11 is 6.05. The van der Waals surface area contributed by atoms with Gasteiger partial charge in [-0.25, -0.2) is 0 Å². The molecule has 0 aliphatic heterocycles. The number of benzene rings is 1. The van der Waals surface area contributed by atoms with Crippen molar-refractivity contribution in [3.8, 4) is 5.75 Å². The third-order valence-electron chi connectivity index (χ3n) is 2.55. The number of halogens is 1. The second-order valence-corrected chi connectivity index (χ2v) is 5.01. The highest BCUT2D eigenvalue weighted by Crippen LogP contribution is 2.25. The maximum atomic E-state index is 11.9. The van der Waals surface area contributed by atoms with E-state index in [0.29, 0.717) is 36.1 Å². The second-order valence-electron chi connectivity index (χ2n) is 4.61. The van der Waals surface area contributed by atoms with Crippen LogP contribution in [0.3, 0.4) is 0 Å². The molecule has 1 aromatic carbocycles. The van der Waals surface area contributed by atoms with Gasteiger partial charge in [0.2, 0.25) is 0 Å². The topological polar surface area (TPSA) is 47.6 Å². The van der Waals surface area contributed by atoms with E-state index in [1.54, 1.807) is 18.2 Å². The molecule has 0 atom stereocenters. The molecule has 20 heavy (non-hydrogen) atoms. The Morgan fingerprint density at radius 3 is 2.75 bits per heavy atom. The van der Waals surface area contributed by atoms with Gasteiger partial charge in [-0.05, 0) is 45.4 Å². The lowest BCUT2D eigenvalue weighted by molar-refractivity contribution is 0.0757. The molecular weight excluding hydrogens is 278 g/mol. The SMILES string of the molecule is CCOc1ccc(C(=O)NCCCOC(C)C)cc1Cl. The van der Waals surface area contributed by atoms with Gasteiger partial charge in [-0.3, -0.25) is 4.79 Å². The van der Waals surface area contributed by atoms with Gasteiger partial charge in [0.15, 0.2) is 0 Å². The van der Waals surface area contributed by atoms with Gasteiger partial charge >= 0.3 is 0 Å². The van der Waals surface area contributed by atoms with E-state index in [2.05, 4.69) is 5.32 Å². The van der Waals surface area contributed by atoms with Crippen molar-refractivity contribution in [2.45, 2.75) is 33.3 Å². The Morgan fingerprint density at radius 2 is 2.15 bits per heavy atom. The largest absolute Gasteiger partial charge is 0.492 e. The van der Waals surface area contributed by atoms with Crippen molar-refractivity contribution in [3.63, 3.8) is 0 Å². The summed E-state index contributed by atoms with van der Waals surface area (Å²) in [6, 6.07) is 5.03. The first kappa shape index (κ1) is 16.8. The lowest BCUT2D eigenvalue weighted by Crippen LogP contribution is -2.25. The zero-order valence-electron chi connectivity index (χ0n) is 12.2. The molecule has 0 aromatic heterocycles. The first-order chi connectivity index (χ1) is 9.54. The van der Waals surface area contributed by atoms with Gasteiger partial charge in [0.1, 0.15) is 5.75 Å². The minimum atomic E-state index is -0.139. The van der Waals surface area contributed by atoms with Crippen LogP contribution in [0.5, 0.6) is 5.75 Å². The van der Waals surface area contributed by atoms with Crippen molar-refractivity contribution >= 4 is 17.5 Å². The quantitative estimate of drug-likeness (QED) is 0.749. The molecule has 1 amide bonds. The number of ether oxygens (including phenoxy) is 2. The average molecular weight is 300 g/mol. The number of hydrogen-bond acceptors (Lipinski definition) is 3. The number of nitrogens with one attached hydrogen (secondary N) is 1. The van der Waals surface area contributed by atoms with E-state index in [-0.39, 0.29) is 12.0 Å². The first-order valence-corrected chi connectivity index (χ1v) is 7.24. The maximum Gasteiger partial charge on any atom is 0.251 e. The van der Waals surface area contributed by atoms with Crippen molar-refractivity contribution in [1.29, 1.82) is 0 Å². The number of carbonyl (C=O) groups excluding carboxylic acids is 1. The van der Waals surface area contributed by atoms with Gasteiger partial charge < -0.3 is 14.8 Å². The van der Waals surface area contributed by atoms with Crippen molar-refractivity contribution in [1.82, 2.24) is 5.32 Å². The van der Waals surface area contributed by atoms with Crippen LogP contribution in [0.2, 0.25) is 5.02 Å². The van der Waals surface area contributed by atoms with Crippen LogP contribution < -0.4 is 10.1 Å². The molecule has 0 aliphatic carbocycles. The summed E-state index contributed by atoms with van der Waals surface area (Å²) in [5.74, 6) is 0.454. The van der Waals surface area contributed by atoms with Crippen LogP contribution in [0.15, 0.2) is 18.2 Å². The van der Waals surface area contributed by atoms with Gasteiger partial charge in [0.05, 0.1) is 17.7 Å². The molecule has 0 saturated heterocycles. The summed E-state index contributed by atoms with van der Waals surface area (Å²) in [5.41, 5.74) is 0.531. The van der Waals surface area contributed by atoms with E-state index in [4.69, 9.17) is 21.1 Å². The summed E-state index contributed by atoms with van der Waals surface area (Å²) < 4.78 is 10.7. The van der Waals surface area contributed by atoms with Crippen LogP contribution in [0.25, 0.3) is 0 Å². The van der Waals surface area contributed by atoms with Crippen molar-refractivity contribution in [2.75, 3.05) is 19.8 Å². The molecule has 0 aliphatic rings. The molecule has 0 heterocycles. The van der Waals surface area contributed by atoms with Gasteiger partial charge in [0, 0.05) is 18.7 Å². The molecule has 1 aromatic rings. The van der Waals surface area contributed by atoms with Crippen LogP contribution in [-0.4, -0.2) is 31.8 Å². The van der Waals surface area contributed by atoms with E-state index in [1.165, 1.54) is 0 Å². The number of rotatable bonds is 8. The van der Waals surface area contributed by atoms with E-state index in [1.807, 2.05) is 20.8 Å². The molecule has 4 nitrogen and oxygen atoms in total. The number of carbonyl (C=O) groups is 1. The molecule has 5 heteroatoms. The Balaban J connectivity index is 2.41. The van der Waals surface area contributed by atoms with E-state index in [0.717, 1.165) is 6.42 Å². The molecular formula is C15H22ClNO3. The molecule has 0 fully saturated rings. The van der Waals surface area contributed by atoms with Crippen LogP contribution in [0.4, 0.5) is 0 Å². The fraction of sp³-hybridized carbons (Fsp3) is 0.533. The summed E-state index contributed by atoms with van der Waals surface area (Å²) in [6.45, 7) is 7.62. The van der Waals surface area contributed by atoms with Gasteiger partial charge in [-0.1, -0.05) is 11.6 Å². The second kappa shape index (κ2) is 8.82. The monoisotopic (exact) mass is 299 g/mol. The third-order valence-corrected chi connectivity index (χ3v) is 2.85. The zero-order valence-corrected chi connectivity index (χ0v) is 13.0. The summed E-state index contributed by atoms with van der Waals surface area (Å²) in [5, 5.41) is 3.28. The highest BCUT2D eigenvalue weighted by atomic mass is 35.5. The maximum absolute atomic E-state index is 11.9. The van der Waals surface area contributed by atoms with E-state index >= 15 is 0 Å². The highest BCUT2D eigenvalue weighted by Gasteiger charge is 2.08. The van der Waals surface area contributed by atoms with Gasteiger partial charge in [0.25, 0.3) is 5.91 Å². The smallest absolute Gasteiger partial charge is 0.251 e. The first-order valence-electron chi connectivity index (χ1n) is 6.86. The fourth-order valence-electron chi connectivity index (χ4n) is 1.61. The van der Waals surface area contributed by atoms with Crippen LogP contribution in [0, 0.1) is 0 Å². The van der Waals surface area contributed by atoms with Gasteiger partial charge in [-0.15, -0.1) is 0 Å². The molecule has 0 unspecified atom stereocenters. The summed E-state index contributed by atoms with van der Waals surface area (Å²) in [4.78, 5) is 11.9. The zero-order chi connectivity index (χ0) is 15.0. The Morgan fingerprint density at radius 1 is 1.40 bits per heavy atom.